The maximum Gasteiger partial charge on any atom is 0.337 e. The lowest BCUT2D eigenvalue weighted by Crippen LogP contribution is -2.22. The molecule has 3 aromatic rings. The zero-order valence-corrected chi connectivity index (χ0v) is 16.1. The van der Waals surface area contributed by atoms with Crippen LogP contribution in [0.5, 0.6) is 0 Å². The molecule has 0 radical (unpaired) electrons. The molecule has 0 aliphatic carbocycles. The summed E-state index contributed by atoms with van der Waals surface area (Å²) in [6.07, 6.45) is 6.30. The first kappa shape index (κ1) is 20.2. The number of carboxylic acid groups (broad SMARTS) is 1. The van der Waals surface area contributed by atoms with E-state index in [0.717, 1.165) is 0 Å². The standard InChI is InChI=1S/C17H16ClN7O4/c1-9(29-2)14-11(16(26)27)7-19-8-13(14)24-17(28)23-10-5-12(18)15(20-6-10)25-21-3-4-22-25/h3-9H,1-2H3,(H,26,27)(H2,23,24,28). The third-order valence-electron chi connectivity index (χ3n) is 3.91. The average molecular weight is 418 g/mol. The molecule has 0 saturated carbocycles. The van der Waals surface area contributed by atoms with Crippen molar-refractivity contribution in [2.75, 3.05) is 17.7 Å². The van der Waals surface area contributed by atoms with Crippen LogP contribution in [-0.2, 0) is 4.74 Å². The number of ether oxygens (including phenoxy) is 1. The van der Waals surface area contributed by atoms with Gasteiger partial charge in [-0.05, 0) is 13.0 Å². The Balaban J connectivity index is 1.80. The lowest BCUT2D eigenvalue weighted by atomic mass is 10.0. The Morgan fingerprint density at radius 3 is 2.55 bits per heavy atom. The number of hydrogen-bond acceptors (Lipinski definition) is 7. The Hall–Kier alpha value is -3.57. The molecular weight excluding hydrogens is 402 g/mol. The van der Waals surface area contributed by atoms with E-state index in [0.29, 0.717) is 17.1 Å². The van der Waals surface area contributed by atoms with Crippen LogP contribution in [0.4, 0.5) is 16.2 Å². The molecule has 1 unspecified atom stereocenters. The molecule has 3 heterocycles. The first-order valence-electron chi connectivity index (χ1n) is 8.25. The molecule has 11 nitrogen and oxygen atoms in total. The van der Waals surface area contributed by atoms with Crippen molar-refractivity contribution >= 4 is 35.0 Å². The first-order valence-corrected chi connectivity index (χ1v) is 8.62. The molecule has 0 aliphatic heterocycles. The number of carbonyl (C=O) groups is 2. The smallest absolute Gasteiger partial charge is 0.337 e. The van der Waals surface area contributed by atoms with Gasteiger partial charge in [-0.3, -0.25) is 4.98 Å². The van der Waals surface area contributed by atoms with Gasteiger partial charge in [-0.1, -0.05) is 11.6 Å². The zero-order valence-electron chi connectivity index (χ0n) is 15.3. The van der Waals surface area contributed by atoms with Crippen LogP contribution < -0.4 is 10.6 Å². The van der Waals surface area contributed by atoms with E-state index in [-0.39, 0.29) is 16.3 Å². The van der Waals surface area contributed by atoms with Gasteiger partial charge in [0.2, 0.25) is 0 Å². The lowest BCUT2D eigenvalue weighted by Gasteiger charge is -2.18. The molecule has 0 spiro atoms. The Kier molecular flexibility index (Phi) is 6.00. The number of halogens is 1. The quantitative estimate of drug-likeness (QED) is 0.555. The summed E-state index contributed by atoms with van der Waals surface area (Å²) in [5.74, 6) is -0.878. The highest BCUT2D eigenvalue weighted by molar-refractivity contribution is 6.32. The van der Waals surface area contributed by atoms with Crippen LogP contribution in [0.3, 0.4) is 0 Å². The van der Waals surface area contributed by atoms with E-state index in [2.05, 4.69) is 30.8 Å². The fourth-order valence-electron chi connectivity index (χ4n) is 2.55. The van der Waals surface area contributed by atoms with Gasteiger partial charge in [0.25, 0.3) is 0 Å². The number of aromatic carboxylic acids is 1. The van der Waals surface area contributed by atoms with Gasteiger partial charge in [-0.25, -0.2) is 14.6 Å². The molecule has 1 atom stereocenters. The molecule has 150 valence electrons. The van der Waals surface area contributed by atoms with E-state index in [1.807, 2.05) is 0 Å². The Morgan fingerprint density at radius 2 is 1.93 bits per heavy atom. The van der Waals surface area contributed by atoms with E-state index in [4.69, 9.17) is 16.3 Å². The van der Waals surface area contributed by atoms with Crippen LogP contribution in [-0.4, -0.2) is 49.2 Å². The number of carbonyl (C=O) groups excluding carboxylic acids is 1. The fourth-order valence-corrected chi connectivity index (χ4v) is 2.79. The van der Waals surface area contributed by atoms with Crippen LogP contribution in [0, 0.1) is 0 Å². The van der Waals surface area contributed by atoms with Gasteiger partial charge in [-0.15, -0.1) is 4.80 Å². The minimum absolute atomic E-state index is 0.0714. The summed E-state index contributed by atoms with van der Waals surface area (Å²) in [7, 11) is 1.43. The molecule has 12 heteroatoms. The van der Waals surface area contributed by atoms with Crippen LogP contribution in [0.15, 0.2) is 37.1 Å². The maximum atomic E-state index is 12.4. The van der Waals surface area contributed by atoms with Crippen molar-refractivity contribution < 1.29 is 19.4 Å². The van der Waals surface area contributed by atoms with Crippen LogP contribution in [0.2, 0.25) is 5.02 Å². The largest absolute Gasteiger partial charge is 0.478 e. The molecule has 0 aromatic carbocycles. The third kappa shape index (κ3) is 4.47. The van der Waals surface area contributed by atoms with Crippen molar-refractivity contribution in [3.05, 3.63) is 53.2 Å². The topological polar surface area (TPSA) is 144 Å². The van der Waals surface area contributed by atoms with Crippen molar-refractivity contribution in [3.8, 4) is 5.82 Å². The number of pyridine rings is 2. The molecular formula is C17H16ClN7O4. The van der Waals surface area contributed by atoms with Gasteiger partial charge in [0, 0.05) is 18.9 Å². The second-order valence-electron chi connectivity index (χ2n) is 5.76. The van der Waals surface area contributed by atoms with Gasteiger partial charge in [0.1, 0.15) is 0 Å². The molecule has 29 heavy (non-hydrogen) atoms. The molecule has 3 rings (SSSR count). The molecule has 2 amide bonds. The third-order valence-corrected chi connectivity index (χ3v) is 4.19. The number of nitrogens with one attached hydrogen (secondary N) is 2. The predicted molar refractivity (Wildman–Crippen MR) is 103 cm³/mol. The van der Waals surface area contributed by atoms with E-state index >= 15 is 0 Å². The minimum atomic E-state index is -1.18. The van der Waals surface area contributed by atoms with Crippen molar-refractivity contribution in [3.63, 3.8) is 0 Å². The lowest BCUT2D eigenvalue weighted by molar-refractivity contribution is 0.0683. The molecule has 0 bridgehead atoms. The number of aromatic nitrogens is 5. The number of hydrogen-bond donors (Lipinski definition) is 3. The number of amides is 2. The van der Waals surface area contributed by atoms with Gasteiger partial charge in [0.15, 0.2) is 5.82 Å². The summed E-state index contributed by atoms with van der Waals surface area (Å²) >= 11 is 6.18. The highest BCUT2D eigenvalue weighted by Crippen LogP contribution is 2.28. The molecule has 0 aliphatic rings. The summed E-state index contributed by atoms with van der Waals surface area (Å²) in [5, 5.41) is 22.6. The monoisotopic (exact) mass is 417 g/mol. The molecule has 0 fully saturated rings. The number of nitrogens with zero attached hydrogens (tertiary/aromatic N) is 5. The van der Waals surface area contributed by atoms with Gasteiger partial charge >= 0.3 is 12.0 Å². The van der Waals surface area contributed by atoms with Crippen LogP contribution >= 0.6 is 11.6 Å². The van der Waals surface area contributed by atoms with Gasteiger partial charge in [-0.2, -0.15) is 10.2 Å². The maximum absolute atomic E-state index is 12.4. The summed E-state index contributed by atoms with van der Waals surface area (Å²) in [4.78, 5) is 33.1. The predicted octanol–water partition coefficient (Wildman–Crippen LogP) is 2.76. The number of methoxy groups -OCH3 is 1. The SMILES string of the molecule is COC(C)c1c(NC(=O)Nc2cnc(-n3nccn3)c(Cl)c2)cncc1C(=O)O. The Bertz CT molecular complexity index is 1040. The van der Waals surface area contributed by atoms with Gasteiger partial charge in [0.05, 0.1) is 52.9 Å². The average Bonchev–Trinajstić information content (AvgIpc) is 3.21. The van der Waals surface area contributed by atoms with Crippen molar-refractivity contribution in [1.29, 1.82) is 0 Å². The number of rotatable bonds is 6. The highest BCUT2D eigenvalue weighted by Gasteiger charge is 2.21. The Labute approximate surface area is 169 Å². The first-order chi connectivity index (χ1) is 13.9. The van der Waals surface area contributed by atoms with E-state index < -0.39 is 18.1 Å². The molecule has 3 N–H and O–H groups in total. The second-order valence-corrected chi connectivity index (χ2v) is 6.17. The zero-order chi connectivity index (χ0) is 21.0. The summed E-state index contributed by atoms with van der Waals surface area (Å²) in [6.45, 7) is 1.66. The van der Waals surface area contributed by atoms with Crippen LogP contribution in [0.25, 0.3) is 5.82 Å². The number of anilines is 2. The number of urea groups is 1. The van der Waals surface area contributed by atoms with Crippen molar-refractivity contribution in [2.45, 2.75) is 13.0 Å². The van der Waals surface area contributed by atoms with Gasteiger partial charge < -0.3 is 20.5 Å². The van der Waals surface area contributed by atoms with Crippen molar-refractivity contribution in [1.82, 2.24) is 25.0 Å². The van der Waals surface area contributed by atoms with E-state index in [9.17, 15) is 14.7 Å². The molecule has 0 saturated heterocycles. The second kappa shape index (κ2) is 8.63. The van der Waals surface area contributed by atoms with Crippen LogP contribution in [0.1, 0.15) is 28.9 Å². The fraction of sp³-hybridized carbons (Fsp3) is 0.176. The van der Waals surface area contributed by atoms with Crippen molar-refractivity contribution in [2.24, 2.45) is 0 Å². The minimum Gasteiger partial charge on any atom is -0.478 e. The molecule has 3 aromatic heterocycles. The van der Waals surface area contributed by atoms with E-state index in [1.165, 1.54) is 49.0 Å². The normalized spacial score (nSPS) is 11.7. The van der Waals surface area contributed by atoms with E-state index in [1.54, 1.807) is 6.92 Å². The summed E-state index contributed by atoms with van der Waals surface area (Å²) < 4.78 is 5.23. The summed E-state index contributed by atoms with van der Waals surface area (Å²) in [5.41, 5.74) is 0.736. The highest BCUT2D eigenvalue weighted by atomic mass is 35.5. The number of carboxylic acids is 1. The summed E-state index contributed by atoms with van der Waals surface area (Å²) in [6, 6.07) is 0.846. The Morgan fingerprint density at radius 1 is 1.21 bits per heavy atom.